The van der Waals surface area contributed by atoms with Crippen molar-refractivity contribution in [3.63, 3.8) is 0 Å². The Hall–Kier alpha value is -0.420. The fraction of sp³-hybridized carbons (Fsp3) is 0.636. The zero-order chi connectivity index (χ0) is 12.3. The van der Waals surface area contributed by atoms with Gasteiger partial charge in [0, 0.05) is 24.8 Å². The third-order valence-electron chi connectivity index (χ3n) is 2.95. The summed E-state index contributed by atoms with van der Waals surface area (Å²) in [5, 5.41) is 4.01. The van der Waals surface area contributed by atoms with Crippen LogP contribution in [0, 0.1) is 5.92 Å². The van der Waals surface area contributed by atoms with Gasteiger partial charge >= 0.3 is 0 Å². The monoisotopic (exact) mass is 274 g/mol. The highest BCUT2D eigenvalue weighted by atomic mass is 35.5. The molecule has 0 radical (unpaired) electrons. The molecule has 6 heteroatoms. The van der Waals surface area contributed by atoms with E-state index in [1.54, 1.807) is 6.20 Å². The van der Waals surface area contributed by atoms with Crippen LogP contribution in [-0.4, -0.2) is 41.5 Å². The maximum Gasteiger partial charge on any atom is 0.223 e. The summed E-state index contributed by atoms with van der Waals surface area (Å²) in [5.74, 6) is 0.729. The van der Waals surface area contributed by atoms with Gasteiger partial charge in [-0.25, -0.2) is 9.97 Å². The molecule has 1 aliphatic rings. The predicted octanol–water partition coefficient (Wildman–Crippen LogP) is 1.82. The summed E-state index contributed by atoms with van der Waals surface area (Å²) in [4.78, 5) is 10.1. The Balaban J connectivity index is 1.90. The molecule has 1 aliphatic heterocycles. The molecule has 94 valence electrons. The van der Waals surface area contributed by atoms with Crippen molar-refractivity contribution >= 4 is 23.2 Å². The lowest BCUT2D eigenvalue weighted by Crippen LogP contribution is -2.26. The number of hydrogen-bond donors (Lipinski definition) is 1. The minimum absolute atomic E-state index is 0.196. The van der Waals surface area contributed by atoms with Gasteiger partial charge in [0.1, 0.15) is 5.15 Å². The van der Waals surface area contributed by atoms with Gasteiger partial charge in [0.15, 0.2) is 0 Å². The van der Waals surface area contributed by atoms with Crippen molar-refractivity contribution in [3.8, 4) is 0 Å². The van der Waals surface area contributed by atoms with Gasteiger partial charge in [-0.05, 0) is 44.1 Å². The molecule has 0 aromatic carbocycles. The van der Waals surface area contributed by atoms with Gasteiger partial charge in [-0.1, -0.05) is 11.6 Å². The van der Waals surface area contributed by atoms with E-state index in [1.165, 1.54) is 6.42 Å². The molecule has 1 atom stereocenters. The molecule has 0 unspecified atom stereocenters. The van der Waals surface area contributed by atoms with E-state index in [2.05, 4.69) is 27.2 Å². The van der Waals surface area contributed by atoms with E-state index < -0.39 is 0 Å². The molecule has 2 heterocycles. The summed E-state index contributed by atoms with van der Waals surface area (Å²) >= 11 is 11.7. The number of nitrogens with zero attached hydrogens (tertiary/aromatic N) is 3. The quantitative estimate of drug-likeness (QED) is 0.672. The van der Waals surface area contributed by atoms with E-state index >= 15 is 0 Å². The molecule has 1 fully saturated rings. The molecule has 0 spiro atoms. The van der Waals surface area contributed by atoms with Crippen molar-refractivity contribution in [2.75, 3.05) is 26.7 Å². The van der Waals surface area contributed by atoms with Gasteiger partial charge in [-0.15, -0.1) is 0 Å². The van der Waals surface area contributed by atoms with Crippen LogP contribution >= 0.6 is 23.2 Å². The third kappa shape index (κ3) is 3.78. The number of hydrogen-bond acceptors (Lipinski definition) is 4. The average molecular weight is 275 g/mol. The van der Waals surface area contributed by atoms with E-state index in [1.807, 2.05) is 0 Å². The number of halogens is 2. The van der Waals surface area contributed by atoms with Crippen LogP contribution < -0.4 is 5.32 Å². The van der Waals surface area contributed by atoms with Gasteiger partial charge in [0.25, 0.3) is 0 Å². The lowest BCUT2D eigenvalue weighted by atomic mass is 10.1. The Morgan fingerprint density at radius 2 is 2.35 bits per heavy atom. The third-order valence-corrected chi connectivity index (χ3v) is 3.46. The van der Waals surface area contributed by atoms with Crippen molar-refractivity contribution in [2.45, 2.75) is 13.0 Å². The summed E-state index contributed by atoms with van der Waals surface area (Å²) in [5.41, 5.74) is 0.921. The first-order chi connectivity index (χ1) is 8.15. The van der Waals surface area contributed by atoms with Crippen LogP contribution in [0.5, 0.6) is 0 Å². The minimum Gasteiger partial charge on any atom is -0.316 e. The summed E-state index contributed by atoms with van der Waals surface area (Å²) in [7, 11) is 2.09. The summed E-state index contributed by atoms with van der Waals surface area (Å²) in [6.45, 7) is 4.05. The maximum atomic E-state index is 6.02. The Bertz CT molecular complexity index is 380. The van der Waals surface area contributed by atoms with Crippen LogP contribution in [0.1, 0.15) is 12.0 Å². The molecule has 0 saturated carbocycles. The topological polar surface area (TPSA) is 41.1 Å². The predicted molar refractivity (Wildman–Crippen MR) is 69.4 cm³/mol. The second-order valence-electron chi connectivity index (χ2n) is 4.51. The van der Waals surface area contributed by atoms with Gasteiger partial charge in [0.2, 0.25) is 5.28 Å². The Morgan fingerprint density at radius 1 is 1.53 bits per heavy atom. The summed E-state index contributed by atoms with van der Waals surface area (Å²) < 4.78 is 0. The Kier molecular flexibility index (Phi) is 4.56. The molecular weight excluding hydrogens is 259 g/mol. The van der Waals surface area contributed by atoms with E-state index in [4.69, 9.17) is 23.2 Å². The lowest BCUT2D eigenvalue weighted by molar-refractivity contribution is 0.278. The van der Waals surface area contributed by atoms with Crippen molar-refractivity contribution in [1.82, 2.24) is 20.2 Å². The van der Waals surface area contributed by atoms with E-state index in [9.17, 15) is 0 Å². The Morgan fingerprint density at radius 3 is 3.00 bits per heavy atom. The molecule has 0 bridgehead atoms. The molecule has 17 heavy (non-hydrogen) atoms. The molecule has 1 aromatic heterocycles. The summed E-state index contributed by atoms with van der Waals surface area (Å²) in [6.07, 6.45) is 2.94. The number of aromatic nitrogens is 2. The van der Waals surface area contributed by atoms with Crippen molar-refractivity contribution in [1.29, 1.82) is 0 Å². The van der Waals surface area contributed by atoms with Crippen LogP contribution in [0.25, 0.3) is 0 Å². The lowest BCUT2D eigenvalue weighted by Gasteiger charge is -2.20. The summed E-state index contributed by atoms with van der Waals surface area (Å²) in [6, 6.07) is 0. The largest absolute Gasteiger partial charge is 0.316 e. The normalized spacial score (nSPS) is 20.1. The van der Waals surface area contributed by atoms with E-state index in [0.29, 0.717) is 5.15 Å². The van der Waals surface area contributed by atoms with Gasteiger partial charge < -0.3 is 10.2 Å². The highest BCUT2D eigenvalue weighted by Gasteiger charge is 2.17. The fourth-order valence-electron chi connectivity index (χ4n) is 2.14. The maximum absolute atomic E-state index is 6.02. The molecule has 1 saturated heterocycles. The van der Waals surface area contributed by atoms with Crippen LogP contribution in [0.2, 0.25) is 10.4 Å². The van der Waals surface area contributed by atoms with Gasteiger partial charge in [-0.3, -0.25) is 0 Å². The van der Waals surface area contributed by atoms with Gasteiger partial charge in [-0.2, -0.15) is 0 Å². The molecule has 2 rings (SSSR count). The molecule has 0 amide bonds. The second-order valence-corrected chi connectivity index (χ2v) is 5.21. The van der Waals surface area contributed by atoms with Crippen LogP contribution in [-0.2, 0) is 6.54 Å². The zero-order valence-corrected chi connectivity index (χ0v) is 11.3. The standard InChI is InChI=1S/C11H16Cl2N4/c1-17(6-8-2-3-14-4-8)7-9-5-15-11(13)16-10(9)12/h5,8,14H,2-4,6-7H2,1H3/t8-/m1/s1. The number of rotatable bonds is 4. The zero-order valence-electron chi connectivity index (χ0n) is 9.79. The molecular formula is C11H16Cl2N4. The molecule has 1 N–H and O–H groups in total. The first-order valence-electron chi connectivity index (χ1n) is 5.71. The average Bonchev–Trinajstić information content (AvgIpc) is 2.75. The SMILES string of the molecule is CN(Cc1cnc(Cl)nc1Cl)C[C@@H]1CCNC1. The fourth-order valence-corrected chi connectivity index (χ4v) is 2.50. The molecule has 4 nitrogen and oxygen atoms in total. The van der Waals surface area contributed by atoms with Crippen LogP contribution in [0.15, 0.2) is 6.20 Å². The van der Waals surface area contributed by atoms with Crippen molar-refractivity contribution in [3.05, 3.63) is 22.2 Å². The van der Waals surface area contributed by atoms with E-state index in [-0.39, 0.29) is 5.28 Å². The number of nitrogens with one attached hydrogen (secondary N) is 1. The van der Waals surface area contributed by atoms with Gasteiger partial charge in [0.05, 0.1) is 0 Å². The molecule has 1 aromatic rings. The van der Waals surface area contributed by atoms with Crippen LogP contribution in [0.4, 0.5) is 0 Å². The van der Waals surface area contributed by atoms with Crippen molar-refractivity contribution < 1.29 is 0 Å². The van der Waals surface area contributed by atoms with E-state index in [0.717, 1.165) is 37.7 Å². The van der Waals surface area contributed by atoms with Crippen LogP contribution in [0.3, 0.4) is 0 Å². The highest BCUT2D eigenvalue weighted by Crippen LogP contribution is 2.17. The first kappa shape index (κ1) is 13.0. The second kappa shape index (κ2) is 5.96. The smallest absolute Gasteiger partial charge is 0.223 e. The first-order valence-corrected chi connectivity index (χ1v) is 6.47. The van der Waals surface area contributed by atoms with Crippen molar-refractivity contribution in [2.24, 2.45) is 5.92 Å². The Labute approximate surface area is 111 Å². The minimum atomic E-state index is 0.196. The molecule has 0 aliphatic carbocycles. The highest BCUT2D eigenvalue weighted by molar-refractivity contribution is 6.32.